The highest BCUT2D eigenvalue weighted by Gasteiger charge is 2.39. The summed E-state index contributed by atoms with van der Waals surface area (Å²) in [5.74, 6) is -3.50. The van der Waals surface area contributed by atoms with Gasteiger partial charge in [0.25, 0.3) is 5.91 Å². The monoisotopic (exact) mass is 993 g/mol. The summed E-state index contributed by atoms with van der Waals surface area (Å²) in [5.41, 5.74) is 5.40. The van der Waals surface area contributed by atoms with Gasteiger partial charge in [-0.25, -0.2) is 15.2 Å². The van der Waals surface area contributed by atoms with E-state index in [-0.39, 0.29) is 72.5 Å². The van der Waals surface area contributed by atoms with Crippen molar-refractivity contribution in [1.82, 2.24) is 36.3 Å². The Labute approximate surface area is 406 Å². The maximum Gasteiger partial charge on any atom is 0.426 e. The molecule has 1 aromatic carbocycles. The number of aromatic nitrogens is 1. The van der Waals surface area contributed by atoms with Crippen molar-refractivity contribution >= 4 is 74.6 Å². The number of hydrazine groups is 1. The molecule has 5 amide bonds. The van der Waals surface area contributed by atoms with E-state index in [0.29, 0.717) is 25.0 Å². The quantitative estimate of drug-likeness (QED) is 0.0178. The first-order chi connectivity index (χ1) is 31.9. The van der Waals surface area contributed by atoms with Gasteiger partial charge in [0.15, 0.2) is 12.8 Å². The van der Waals surface area contributed by atoms with Gasteiger partial charge in [-0.2, -0.15) is 0 Å². The first kappa shape index (κ1) is 56.7. The number of likely N-dealkylation sites (tertiary alicyclic amines) is 1. The number of thiazole rings is 1. The second-order valence-corrected chi connectivity index (χ2v) is 20.8. The van der Waals surface area contributed by atoms with Crippen molar-refractivity contribution in [3.63, 3.8) is 0 Å². The van der Waals surface area contributed by atoms with E-state index in [1.165, 1.54) is 50.9 Å². The zero-order valence-corrected chi connectivity index (χ0v) is 42.7. The fourth-order valence-corrected chi connectivity index (χ4v) is 9.46. The number of likely N-dealkylation sites (N-methyl/N-ethyl adjacent to an activating group) is 1. The number of benzene rings is 1. The summed E-state index contributed by atoms with van der Waals surface area (Å²) in [6.07, 6.45) is 4.29. The van der Waals surface area contributed by atoms with Gasteiger partial charge in [0, 0.05) is 48.9 Å². The molecule has 18 nitrogen and oxygen atoms in total. The van der Waals surface area contributed by atoms with Crippen molar-refractivity contribution in [2.75, 3.05) is 38.9 Å². The molecule has 3 rings (SSSR count). The lowest BCUT2D eigenvalue weighted by molar-refractivity contribution is -0.160. The van der Waals surface area contributed by atoms with Crippen LogP contribution < -0.4 is 21.5 Å². The minimum absolute atomic E-state index is 0.0174. The van der Waals surface area contributed by atoms with E-state index in [4.69, 9.17) is 14.2 Å². The number of aromatic hydroxyl groups is 1. The van der Waals surface area contributed by atoms with Gasteiger partial charge in [0.05, 0.1) is 6.04 Å². The highest BCUT2D eigenvalue weighted by atomic mass is 33.1. The van der Waals surface area contributed by atoms with E-state index in [1.807, 2.05) is 52.8 Å². The van der Waals surface area contributed by atoms with E-state index in [2.05, 4.69) is 26.5 Å². The van der Waals surface area contributed by atoms with E-state index < -0.39 is 72.6 Å². The number of rotatable bonds is 26. The van der Waals surface area contributed by atoms with Crippen molar-refractivity contribution in [2.24, 2.45) is 17.8 Å². The van der Waals surface area contributed by atoms with Gasteiger partial charge in [0.1, 0.15) is 29.1 Å². The van der Waals surface area contributed by atoms with Crippen LogP contribution in [-0.2, 0) is 44.6 Å². The van der Waals surface area contributed by atoms with Gasteiger partial charge in [-0.1, -0.05) is 88.1 Å². The van der Waals surface area contributed by atoms with Crippen molar-refractivity contribution < 1.29 is 52.9 Å². The number of hydrogen-bond donors (Lipinski definition) is 5. The second-order valence-electron chi connectivity index (χ2n) is 17.2. The molecule has 0 bridgehead atoms. The standard InChI is InChI=1S/C46H71N7O11S3/c1-10-14-39(56)63-27-53(45(60)40(29(5)11-2)49-43(59)36-15-12-13-20-52(36)8)37(28(3)4)25-38(64-31(7)54)44-48-35(26-66-44)42(58)47-33(24-32-16-18-34(55)19-17-32)23-30(6)41(57)50-51-46(61)62-21-22-67-65-9/h16-19,26,28-30,33,36-38,40,55H,10-15,20-25,27H2,1-9H3,(H,47,58)(H,49,59)(H,50,57)(H,51,61)/t29?,30-,33+,36?,37+,38+,40-/m0/s1. The van der Waals surface area contributed by atoms with Crippen LogP contribution in [0.1, 0.15) is 127 Å². The van der Waals surface area contributed by atoms with Gasteiger partial charge in [-0.15, -0.1) is 11.3 Å². The summed E-state index contributed by atoms with van der Waals surface area (Å²) in [6, 6.07) is 3.78. The molecule has 0 saturated carbocycles. The summed E-state index contributed by atoms with van der Waals surface area (Å²) in [5, 5.41) is 17.7. The fraction of sp³-hybridized carbons (Fsp3) is 0.652. The maximum absolute atomic E-state index is 14.9. The van der Waals surface area contributed by atoms with Crippen LogP contribution in [0.15, 0.2) is 29.6 Å². The minimum Gasteiger partial charge on any atom is -0.508 e. The van der Waals surface area contributed by atoms with Crippen LogP contribution in [-0.4, -0.2) is 125 Å². The van der Waals surface area contributed by atoms with E-state index >= 15 is 0 Å². The van der Waals surface area contributed by atoms with Crippen molar-refractivity contribution in [2.45, 2.75) is 137 Å². The highest BCUT2D eigenvalue weighted by molar-refractivity contribution is 8.76. The van der Waals surface area contributed by atoms with Crippen LogP contribution >= 0.6 is 32.9 Å². The average molecular weight is 994 g/mol. The van der Waals surface area contributed by atoms with Gasteiger partial charge in [-0.05, 0) is 81.5 Å². The highest BCUT2D eigenvalue weighted by Crippen LogP contribution is 2.32. The molecule has 5 N–H and O–H groups in total. The Morgan fingerprint density at radius 1 is 0.985 bits per heavy atom. The lowest BCUT2D eigenvalue weighted by Crippen LogP contribution is -2.59. The predicted molar refractivity (Wildman–Crippen MR) is 260 cm³/mol. The third kappa shape index (κ3) is 19.1. The number of piperidine rings is 1. The van der Waals surface area contributed by atoms with Crippen LogP contribution in [0, 0.1) is 17.8 Å². The van der Waals surface area contributed by atoms with E-state index in [1.54, 1.807) is 19.1 Å². The second kappa shape index (κ2) is 29.3. The number of phenols is 1. The molecule has 2 aromatic rings. The molecule has 0 radical (unpaired) electrons. The topological polar surface area (TPSA) is 235 Å². The molecule has 374 valence electrons. The van der Waals surface area contributed by atoms with Crippen molar-refractivity contribution in [3.8, 4) is 5.75 Å². The van der Waals surface area contributed by atoms with Gasteiger partial charge in [0.2, 0.25) is 17.7 Å². The minimum atomic E-state index is -1.04. The number of amides is 5. The van der Waals surface area contributed by atoms with Crippen molar-refractivity contribution in [1.29, 1.82) is 0 Å². The molecule has 7 atom stereocenters. The molecule has 1 aliphatic heterocycles. The molecule has 1 fully saturated rings. The Bertz CT molecular complexity index is 1920. The molecular formula is C46H71N7O11S3. The summed E-state index contributed by atoms with van der Waals surface area (Å²) in [4.78, 5) is 101. The third-order valence-electron chi connectivity index (χ3n) is 11.6. The number of esters is 2. The Kier molecular flexibility index (Phi) is 24.8. The predicted octanol–water partition coefficient (Wildman–Crippen LogP) is 6.15. The molecule has 67 heavy (non-hydrogen) atoms. The number of nitrogens with one attached hydrogen (secondary N) is 4. The molecule has 21 heteroatoms. The molecular weight excluding hydrogens is 923 g/mol. The Morgan fingerprint density at radius 3 is 2.33 bits per heavy atom. The zero-order chi connectivity index (χ0) is 49.6. The first-order valence-corrected chi connectivity index (χ1v) is 26.6. The lowest BCUT2D eigenvalue weighted by Gasteiger charge is -2.39. The van der Waals surface area contributed by atoms with Gasteiger partial charge in [-0.3, -0.25) is 39.1 Å². The normalized spacial score (nSPS) is 16.6. The van der Waals surface area contributed by atoms with E-state index in [9.17, 15) is 38.7 Å². The first-order valence-electron chi connectivity index (χ1n) is 22.9. The van der Waals surface area contributed by atoms with E-state index in [0.717, 1.165) is 36.3 Å². The van der Waals surface area contributed by atoms with Crippen LogP contribution in [0.3, 0.4) is 0 Å². The number of nitrogens with zero attached hydrogens (tertiary/aromatic N) is 3. The van der Waals surface area contributed by atoms with Crippen LogP contribution in [0.4, 0.5) is 4.79 Å². The molecule has 1 saturated heterocycles. The maximum atomic E-state index is 14.9. The molecule has 2 heterocycles. The Hall–Kier alpha value is -4.60. The SMILES string of the molecule is CCCC(=O)OCN(C(=O)[C@@H](NC(=O)C1CCCCN1C)C(C)CC)[C@H](C[C@@H](OC(C)=O)c1nc(C(=O)N[C@@H](Cc2ccc(O)cc2)C[C@H](C)C(=O)NNC(=O)OCCSSC)cs1)C(C)C. The summed E-state index contributed by atoms with van der Waals surface area (Å²) < 4.78 is 16.6. The number of hydrogen-bond acceptors (Lipinski definition) is 16. The van der Waals surface area contributed by atoms with Crippen LogP contribution in [0.2, 0.25) is 0 Å². The summed E-state index contributed by atoms with van der Waals surface area (Å²) in [6.45, 7) is 12.9. The third-order valence-corrected chi connectivity index (χ3v) is 14.3. The number of carbonyl (C=O) groups is 7. The summed E-state index contributed by atoms with van der Waals surface area (Å²) >= 11 is 1.09. The molecule has 1 aliphatic rings. The Morgan fingerprint density at radius 2 is 1.70 bits per heavy atom. The average Bonchev–Trinajstić information content (AvgIpc) is 3.79. The van der Waals surface area contributed by atoms with Crippen LogP contribution in [0.25, 0.3) is 0 Å². The molecule has 0 spiro atoms. The van der Waals surface area contributed by atoms with Gasteiger partial charge < -0.3 is 34.9 Å². The molecule has 0 aliphatic carbocycles. The number of phenolic OH excluding ortho intramolecular Hbond substituents is 1. The smallest absolute Gasteiger partial charge is 0.426 e. The lowest BCUT2D eigenvalue weighted by atomic mass is 9.92. The van der Waals surface area contributed by atoms with Crippen molar-refractivity contribution in [3.05, 3.63) is 45.9 Å². The fourth-order valence-electron chi connectivity index (χ4n) is 7.60. The Balaban J connectivity index is 1.90. The number of ether oxygens (including phenoxy) is 3. The number of carbonyl (C=O) groups excluding carboxylic acids is 7. The molecule has 2 unspecified atom stereocenters. The van der Waals surface area contributed by atoms with Crippen LogP contribution in [0.5, 0.6) is 5.75 Å². The molecule has 1 aromatic heterocycles. The summed E-state index contributed by atoms with van der Waals surface area (Å²) in [7, 11) is 4.96. The zero-order valence-electron chi connectivity index (χ0n) is 40.3. The van der Waals surface area contributed by atoms with Gasteiger partial charge >= 0.3 is 18.0 Å². The largest absolute Gasteiger partial charge is 0.508 e.